The number of hydrogen-bond acceptors (Lipinski definition) is 5. The van der Waals surface area contributed by atoms with Crippen molar-refractivity contribution in [3.63, 3.8) is 0 Å². The van der Waals surface area contributed by atoms with E-state index in [2.05, 4.69) is 29.4 Å². The highest BCUT2D eigenvalue weighted by molar-refractivity contribution is 7.80. The molecule has 0 aliphatic carbocycles. The third-order valence-electron chi connectivity index (χ3n) is 4.29. The molecule has 1 aliphatic rings. The molecule has 1 amide bonds. The molecule has 2 aromatic rings. The maximum absolute atomic E-state index is 12.4. The number of fused-ring (bicyclic) bond motifs is 1. The zero-order valence-corrected chi connectivity index (χ0v) is 16.3. The number of rotatable bonds is 5. The summed E-state index contributed by atoms with van der Waals surface area (Å²) in [6, 6.07) is 13.0. The van der Waals surface area contributed by atoms with Gasteiger partial charge in [-0.15, -0.1) is 0 Å². The zero-order chi connectivity index (χ0) is 19.2. The molecule has 2 N–H and O–H groups in total. The van der Waals surface area contributed by atoms with Crippen LogP contribution in [0.1, 0.15) is 24.2 Å². The predicted molar refractivity (Wildman–Crippen MR) is 111 cm³/mol. The number of thiocarbonyl (C=S) groups is 1. The first kappa shape index (κ1) is 19.0. The Kier molecular flexibility index (Phi) is 6.13. The van der Waals surface area contributed by atoms with Gasteiger partial charge in [0.05, 0.1) is 0 Å². The van der Waals surface area contributed by atoms with Gasteiger partial charge in [0.2, 0.25) is 0 Å². The SMILES string of the molecule is CCN(CC)c1ccc(NC(=S)NC(=O)c2ccc3c(c2)OCCO3)cc1. The van der Waals surface area contributed by atoms with Gasteiger partial charge < -0.3 is 19.7 Å². The number of nitrogens with one attached hydrogen (secondary N) is 2. The number of hydrogen-bond donors (Lipinski definition) is 2. The molecule has 6 nitrogen and oxygen atoms in total. The molecule has 0 unspecified atom stereocenters. The number of benzene rings is 2. The summed E-state index contributed by atoms with van der Waals surface area (Å²) in [6.45, 7) is 7.14. The minimum Gasteiger partial charge on any atom is -0.486 e. The van der Waals surface area contributed by atoms with Crippen molar-refractivity contribution in [3.05, 3.63) is 48.0 Å². The van der Waals surface area contributed by atoms with E-state index < -0.39 is 0 Å². The highest BCUT2D eigenvalue weighted by Crippen LogP contribution is 2.30. The Morgan fingerprint density at radius 1 is 1.04 bits per heavy atom. The summed E-state index contributed by atoms with van der Waals surface area (Å²) in [4.78, 5) is 14.7. The summed E-state index contributed by atoms with van der Waals surface area (Å²) in [5.41, 5.74) is 2.43. The number of nitrogens with zero attached hydrogens (tertiary/aromatic N) is 1. The Bertz CT molecular complexity index is 820. The molecule has 0 saturated carbocycles. The fraction of sp³-hybridized carbons (Fsp3) is 0.300. The number of carbonyl (C=O) groups is 1. The normalized spacial score (nSPS) is 12.2. The van der Waals surface area contributed by atoms with Crippen molar-refractivity contribution >= 4 is 34.6 Å². The third kappa shape index (κ3) is 4.68. The molecule has 0 radical (unpaired) electrons. The summed E-state index contributed by atoms with van der Waals surface area (Å²) in [7, 11) is 0. The lowest BCUT2D eigenvalue weighted by molar-refractivity contribution is 0.0976. The fourth-order valence-electron chi connectivity index (χ4n) is 2.87. The van der Waals surface area contributed by atoms with Gasteiger partial charge in [0.1, 0.15) is 13.2 Å². The van der Waals surface area contributed by atoms with Crippen molar-refractivity contribution in [2.75, 3.05) is 36.5 Å². The van der Waals surface area contributed by atoms with E-state index in [0.29, 0.717) is 30.3 Å². The Labute approximate surface area is 164 Å². The van der Waals surface area contributed by atoms with Crippen LogP contribution in [0.2, 0.25) is 0 Å². The lowest BCUT2D eigenvalue weighted by Crippen LogP contribution is -2.34. The Hall–Kier alpha value is -2.80. The average molecular weight is 385 g/mol. The van der Waals surface area contributed by atoms with Crippen molar-refractivity contribution < 1.29 is 14.3 Å². The van der Waals surface area contributed by atoms with Crippen LogP contribution in [0.25, 0.3) is 0 Å². The third-order valence-corrected chi connectivity index (χ3v) is 4.49. The van der Waals surface area contributed by atoms with Crippen LogP contribution < -0.4 is 25.0 Å². The fourth-order valence-corrected chi connectivity index (χ4v) is 3.08. The summed E-state index contributed by atoms with van der Waals surface area (Å²) >= 11 is 5.25. The van der Waals surface area contributed by atoms with E-state index in [1.165, 1.54) is 0 Å². The van der Waals surface area contributed by atoms with Gasteiger partial charge in [-0.3, -0.25) is 10.1 Å². The second-order valence-electron chi connectivity index (χ2n) is 5.99. The molecule has 0 aromatic heterocycles. The van der Waals surface area contributed by atoms with E-state index in [4.69, 9.17) is 21.7 Å². The lowest BCUT2D eigenvalue weighted by atomic mass is 10.2. The van der Waals surface area contributed by atoms with Crippen LogP contribution in [-0.2, 0) is 0 Å². The number of carbonyl (C=O) groups excluding carboxylic acids is 1. The molecular weight excluding hydrogens is 362 g/mol. The van der Waals surface area contributed by atoms with Crippen LogP contribution in [0.15, 0.2) is 42.5 Å². The largest absolute Gasteiger partial charge is 0.486 e. The van der Waals surface area contributed by atoms with Crippen LogP contribution >= 0.6 is 12.2 Å². The van der Waals surface area contributed by atoms with Crippen LogP contribution in [0, 0.1) is 0 Å². The summed E-state index contributed by atoms with van der Waals surface area (Å²) < 4.78 is 11.0. The smallest absolute Gasteiger partial charge is 0.257 e. The lowest BCUT2D eigenvalue weighted by Gasteiger charge is -2.21. The minimum atomic E-state index is -0.302. The van der Waals surface area contributed by atoms with Gasteiger partial charge in [0.15, 0.2) is 16.6 Å². The topological polar surface area (TPSA) is 62.8 Å². The average Bonchev–Trinajstić information content (AvgIpc) is 2.69. The van der Waals surface area contributed by atoms with Crippen molar-refractivity contribution in [1.29, 1.82) is 0 Å². The molecule has 3 rings (SSSR count). The summed E-state index contributed by atoms with van der Waals surface area (Å²) in [6.07, 6.45) is 0. The van der Waals surface area contributed by atoms with Crippen LogP contribution in [-0.4, -0.2) is 37.3 Å². The van der Waals surface area contributed by atoms with Gasteiger partial charge in [0.25, 0.3) is 5.91 Å². The summed E-state index contributed by atoms with van der Waals surface area (Å²) in [5, 5.41) is 5.96. The Morgan fingerprint density at radius 2 is 1.70 bits per heavy atom. The highest BCUT2D eigenvalue weighted by Gasteiger charge is 2.15. The minimum absolute atomic E-state index is 0.241. The van der Waals surface area contributed by atoms with Crippen molar-refractivity contribution in [1.82, 2.24) is 5.32 Å². The first-order valence-electron chi connectivity index (χ1n) is 8.97. The van der Waals surface area contributed by atoms with E-state index in [1.807, 2.05) is 24.3 Å². The Balaban J connectivity index is 1.59. The van der Waals surface area contributed by atoms with Crippen LogP contribution in [0.4, 0.5) is 11.4 Å². The molecule has 2 aromatic carbocycles. The van der Waals surface area contributed by atoms with Gasteiger partial charge in [-0.1, -0.05) is 0 Å². The molecule has 1 heterocycles. The van der Waals surface area contributed by atoms with Gasteiger partial charge >= 0.3 is 0 Å². The van der Waals surface area contributed by atoms with Crippen LogP contribution in [0.5, 0.6) is 11.5 Å². The van der Waals surface area contributed by atoms with Crippen LogP contribution in [0.3, 0.4) is 0 Å². The monoisotopic (exact) mass is 385 g/mol. The second-order valence-corrected chi connectivity index (χ2v) is 6.39. The number of anilines is 2. The highest BCUT2D eigenvalue weighted by atomic mass is 32.1. The molecule has 142 valence electrons. The first-order chi connectivity index (χ1) is 13.1. The predicted octanol–water partition coefficient (Wildman–Crippen LogP) is 3.43. The van der Waals surface area contributed by atoms with Crippen molar-refractivity contribution in [3.8, 4) is 11.5 Å². The van der Waals surface area contributed by atoms with Crippen molar-refractivity contribution in [2.24, 2.45) is 0 Å². The molecule has 0 atom stereocenters. The molecule has 0 saturated heterocycles. The summed E-state index contributed by atoms with van der Waals surface area (Å²) in [5.74, 6) is 0.913. The molecule has 1 aliphatic heterocycles. The quantitative estimate of drug-likeness (QED) is 0.769. The number of ether oxygens (including phenoxy) is 2. The number of amides is 1. The van der Waals surface area contributed by atoms with Gasteiger partial charge in [-0.05, 0) is 68.5 Å². The molecular formula is C20H23N3O3S. The molecule has 0 bridgehead atoms. The zero-order valence-electron chi connectivity index (χ0n) is 15.5. The molecule has 7 heteroatoms. The van der Waals surface area contributed by atoms with Crippen molar-refractivity contribution in [2.45, 2.75) is 13.8 Å². The molecule has 0 fully saturated rings. The van der Waals surface area contributed by atoms with E-state index in [0.717, 1.165) is 24.5 Å². The maximum atomic E-state index is 12.4. The van der Waals surface area contributed by atoms with Gasteiger partial charge in [0, 0.05) is 30.0 Å². The Morgan fingerprint density at radius 3 is 2.37 bits per heavy atom. The molecule has 27 heavy (non-hydrogen) atoms. The standard InChI is InChI=1S/C20H23N3O3S/c1-3-23(4-2)16-8-6-15(7-9-16)21-20(27)22-19(24)14-5-10-17-18(13-14)26-12-11-25-17/h5-10,13H,3-4,11-12H2,1-2H3,(H2,21,22,24,27). The maximum Gasteiger partial charge on any atom is 0.257 e. The first-order valence-corrected chi connectivity index (χ1v) is 9.38. The van der Waals surface area contributed by atoms with Gasteiger partial charge in [-0.2, -0.15) is 0 Å². The second kappa shape index (κ2) is 8.73. The van der Waals surface area contributed by atoms with E-state index in [1.54, 1.807) is 18.2 Å². The van der Waals surface area contributed by atoms with E-state index in [-0.39, 0.29) is 11.0 Å². The van der Waals surface area contributed by atoms with Gasteiger partial charge in [-0.25, -0.2) is 0 Å². The van der Waals surface area contributed by atoms with E-state index >= 15 is 0 Å². The van der Waals surface area contributed by atoms with E-state index in [9.17, 15) is 4.79 Å². The molecule has 0 spiro atoms.